The maximum Gasteiger partial charge on any atom is 0.253 e. The van der Waals surface area contributed by atoms with E-state index in [2.05, 4.69) is 34.0 Å². The lowest BCUT2D eigenvalue weighted by Gasteiger charge is -2.46. The summed E-state index contributed by atoms with van der Waals surface area (Å²) in [6.45, 7) is 3.71. The summed E-state index contributed by atoms with van der Waals surface area (Å²) >= 11 is 0. The lowest BCUT2D eigenvalue weighted by atomic mass is 9.90. The molecule has 2 fully saturated rings. The average Bonchev–Trinajstić information content (AvgIpc) is 2.79. The number of carbonyl (C=O) groups is 1. The van der Waals surface area contributed by atoms with Gasteiger partial charge in [0, 0.05) is 47.7 Å². The molecule has 6 heteroatoms. The first kappa shape index (κ1) is 17.2. The van der Waals surface area contributed by atoms with Crippen LogP contribution >= 0.6 is 0 Å². The highest BCUT2D eigenvalue weighted by Crippen LogP contribution is 2.30. The number of piperidine rings is 1. The third-order valence-corrected chi connectivity index (χ3v) is 6.47. The summed E-state index contributed by atoms with van der Waals surface area (Å²) < 4.78 is 13.6. The van der Waals surface area contributed by atoms with Crippen molar-refractivity contribution in [3.63, 3.8) is 0 Å². The average molecular weight is 369 g/mol. The van der Waals surface area contributed by atoms with Crippen molar-refractivity contribution in [3.05, 3.63) is 35.5 Å². The Balaban J connectivity index is 1.45. The van der Waals surface area contributed by atoms with Crippen molar-refractivity contribution >= 4 is 16.8 Å². The van der Waals surface area contributed by atoms with Crippen LogP contribution in [0.25, 0.3) is 10.9 Å². The lowest BCUT2D eigenvalue weighted by molar-refractivity contribution is -0.0670. The zero-order chi connectivity index (χ0) is 18.4. The fourth-order valence-corrected chi connectivity index (χ4v) is 5.02. The molecule has 5 rings (SSSR count). The largest absolute Gasteiger partial charge is 0.379 e. The SMILES string of the molecule is CN1C2COCC1CC(NC(=O)c1c3n(c4ccccc14)CCOCC3)C2. The van der Waals surface area contributed by atoms with Crippen molar-refractivity contribution in [2.24, 2.45) is 0 Å². The molecule has 1 aromatic heterocycles. The van der Waals surface area contributed by atoms with E-state index >= 15 is 0 Å². The van der Waals surface area contributed by atoms with E-state index in [4.69, 9.17) is 9.47 Å². The number of nitrogens with one attached hydrogen (secondary N) is 1. The van der Waals surface area contributed by atoms with Crippen LogP contribution in [0.5, 0.6) is 0 Å². The third kappa shape index (κ3) is 2.96. The van der Waals surface area contributed by atoms with Crippen molar-refractivity contribution in [2.45, 2.75) is 43.9 Å². The molecule has 6 nitrogen and oxygen atoms in total. The van der Waals surface area contributed by atoms with Crippen molar-refractivity contribution < 1.29 is 14.3 Å². The van der Waals surface area contributed by atoms with Gasteiger partial charge in [-0.1, -0.05) is 18.2 Å². The molecule has 2 unspecified atom stereocenters. The zero-order valence-corrected chi connectivity index (χ0v) is 15.8. The molecule has 144 valence electrons. The van der Waals surface area contributed by atoms with Gasteiger partial charge in [-0.05, 0) is 26.0 Å². The van der Waals surface area contributed by atoms with Gasteiger partial charge >= 0.3 is 0 Å². The van der Waals surface area contributed by atoms with Crippen LogP contribution in [0, 0.1) is 0 Å². The van der Waals surface area contributed by atoms with Crippen molar-refractivity contribution in [1.82, 2.24) is 14.8 Å². The Bertz CT molecular complexity index is 848. The Labute approximate surface area is 159 Å². The minimum absolute atomic E-state index is 0.0652. The van der Waals surface area contributed by atoms with Gasteiger partial charge < -0.3 is 19.4 Å². The van der Waals surface area contributed by atoms with E-state index < -0.39 is 0 Å². The first-order chi connectivity index (χ1) is 13.2. The predicted octanol–water partition coefficient (Wildman–Crippen LogP) is 1.81. The number of fused-ring (bicyclic) bond motifs is 5. The molecule has 0 aliphatic carbocycles. The lowest BCUT2D eigenvalue weighted by Crippen LogP contribution is -2.59. The van der Waals surface area contributed by atoms with Crippen molar-refractivity contribution in [2.75, 3.05) is 33.5 Å². The number of amides is 1. The molecule has 2 bridgehead atoms. The van der Waals surface area contributed by atoms with Gasteiger partial charge in [-0.25, -0.2) is 0 Å². The van der Waals surface area contributed by atoms with Gasteiger partial charge in [0.15, 0.2) is 0 Å². The molecule has 1 N–H and O–H groups in total. The third-order valence-electron chi connectivity index (χ3n) is 6.47. The Morgan fingerprint density at radius 1 is 1.11 bits per heavy atom. The van der Waals surface area contributed by atoms with Gasteiger partial charge in [0.1, 0.15) is 0 Å². The molecule has 1 amide bonds. The molecular weight excluding hydrogens is 342 g/mol. The summed E-state index contributed by atoms with van der Waals surface area (Å²) in [7, 11) is 2.18. The number of benzene rings is 1. The summed E-state index contributed by atoms with van der Waals surface area (Å²) in [6, 6.07) is 9.26. The van der Waals surface area contributed by atoms with Crippen LogP contribution in [0.4, 0.5) is 0 Å². The van der Waals surface area contributed by atoms with Crippen LogP contribution in [0.3, 0.4) is 0 Å². The standard InChI is InChI=1S/C21H27N3O3/c1-23-15-10-14(11-16(23)13-27-12-15)22-21(25)20-17-4-2-3-5-18(17)24-7-9-26-8-6-19(20)24/h2-5,14-16H,6-13H2,1H3,(H,22,25). The molecule has 27 heavy (non-hydrogen) atoms. The summed E-state index contributed by atoms with van der Waals surface area (Å²) in [5.41, 5.74) is 3.09. The number of morpholine rings is 1. The van der Waals surface area contributed by atoms with Gasteiger partial charge in [0.2, 0.25) is 0 Å². The van der Waals surface area contributed by atoms with Gasteiger partial charge in [0.25, 0.3) is 5.91 Å². The molecule has 2 atom stereocenters. The number of hydrogen-bond acceptors (Lipinski definition) is 4. The summed E-state index contributed by atoms with van der Waals surface area (Å²) in [5.74, 6) is 0.0652. The molecule has 0 saturated carbocycles. The Morgan fingerprint density at radius 2 is 1.89 bits per heavy atom. The Kier molecular flexibility index (Phi) is 4.42. The minimum atomic E-state index is 0.0652. The molecule has 3 aliphatic heterocycles. The molecule has 3 aliphatic rings. The molecule has 0 spiro atoms. The topological polar surface area (TPSA) is 55.7 Å². The second-order valence-corrected chi connectivity index (χ2v) is 8.01. The smallest absolute Gasteiger partial charge is 0.253 e. The first-order valence-corrected chi connectivity index (χ1v) is 10.0. The highest BCUT2D eigenvalue weighted by Gasteiger charge is 2.37. The van der Waals surface area contributed by atoms with Gasteiger partial charge in [-0.2, -0.15) is 0 Å². The van der Waals surface area contributed by atoms with Crippen LogP contribution in [-0.2, 0) is 22.4 Å². The maximum atomic E-state index is 13.4. The van der Waals surface area contributed by atoms with Crippen LogP contribution in [0.15, 0.2) is 24.3 Å². The number of para-hydroxylation sites is 1. The summed E-state index contributed by atoms with van der Waals surface area (Å²) in [5, 5.41) is 4.42. The molecule has 4 heterocycles. The molecule has 1 aromatic carbocycles. The van der Waals surface area contributed by atoms with Crippen molar-refractivity contribution in [3.8, 4) is 0 Å². The molecule has 0 radical (unpaired) electrons. The number of likely N-dealkylation sites (N-methyl/N-ethyl adjacent to an activating group) is 1. The van der Waals surface area contributed by atoms with Gasteiger partial charge in [-0.3, -0.25) is 9.69 Å². The number of aromatic nitrogens is 1. The fraction of sp³-hybridized carbons (Fsp3) is 0.571. The highest BCUT2D eigenvalue weighted by molar-refractivity contribution is 6.08. The quantitative estimate of drug-likeness (QED) is 0.877. The van der Waals surface area contributed by atoms with E-state index in [0.29, 0.717) is 25.3 Å². The second kappa shape index (κ2) is 6.93. The Morgan fingerprint density at radius 3 is 2.70 bits per heavy atom. The summed E-state index contributed by atoms with van der Waals surface area (Å²) in [4.78, 5) is 15.8. The second-order valence-electron chi connectivity index (χ2n) is 8.01. The van der Waals surface area contributed by atoms with Crippen molar-refractivity contribution in [1.29, 1.82) is 0 Å². The number of rotatable bonds is 2. The van der Waals surface area contributed by atoms with E-state index in [1.807, 2.05) is 12.1 Å². The van der Waals surface area contributed by atoms with Gasteiger partial charge in [-0.15, -0.1) is 0 Å². The minimum Gasteiger partial charge on any atom is -0.379 e. The highest BCUT2D eigenvalue weighted by atomic mass is 16.5. The van der Waals surface area contributed by atoms with E-state index in [9.17, 15) is 4.79 Å². The van der Waals surface area contributed by atoms with E-state index in [-0.39, 0.29) is 11.9 Å². The van der Waals surface area contributed by atoms with Crippen LogP contribution in [-0.4, -0.2) is 67.0 Å². The van der Waals surface area contributed by atoms with Crippen LogP contribution in [0.1, 0.15) is 28.9 Å². The molecule has 2 saturated heterocycles. The monoisotopic (exact) mass is 369 g/mol. The fourth-order valence-electron chi connectivity index (χ4n) is 5.02. The van der Waals surface area contributed by atoms with Crippen LogP contribution < -0.4 is 5.32 Å². The van der Waals surface area contributed by atoms with E-state index in [0.717, 1.165) is 61.2 Å². The molecule has 2 aromatic rings. The number of ether oxygens (including phenoxy) is 2. The Hall–Kier alpha value is -1.89. The zero-order valence-electron chi connectivity index (χ0n) is 15.8. The number of nitrogens with zero attached hydrogens (tertiary/aromatic N) is 2. The van der Waals surface area contributed by atoms with Gasteiger partial charge in [0.05, 0.1) is 32.0 Å². The summed E-state index contributed by atoms with van der Waals surface area (Å²) in [6.07, 6.45) is 2.69. The predicted molar refractivity (Wildman–Crippen MR) is 103 cm³/mol. The maximum absolute atomic E-state index is 13.4. The molecular formula is C21H27N3O3. The van der Waals surface area contributed by atoms with E-state index in [1.54, 1.807) is 0 Å². The first-order valence-electron chi connectivity index (χ1n) is 10.0. The number of carbonyl (C=O) groups excluding carboxylic acids is 1. The number of hydrogen-bond donors (Lipinski definition) is 1. The van der Waals surface area contributed by atoms with Crippen LogP contribution in [0.2, 0.25) is 0 Å². The normalized spacial score (nSPS) is 28.6. The van der Waals surface area contributed by atoms with E-state index in [1.165, 1.54) is 0 Å².